The number of rotatable bonds is 7. The van der Waals surface area contributed by atoms with Crippen molar-refractivity contribution in [2.45, 2.75) is 40.3 Å². The zero-order chi connectivity index (χ0) is 21.0. The third-order valence-corrected chi connectivity index (χ3v) is 5.80. The highest BCUT2D eigenvalue weighted by atomic mass is 35.5. The third-order valence-electron chi connectivity index (χ3n) is 4.62. The highest BCUT2D eigenvalue weighted by Gasteiger charge is 2.13. The van der Waals surface area contributed by atoms with E-state index in [0.717, 1.165) is 35.7 Å². The smallest absolute Gasteiger partial charge is 0.170 e. The molecule has 2 heterocycles. The lowest BCUT2D eigenvalue weighted by Gasteiger charge is -2.11. The van der Waals surface area contributed by atoms with Crippen LogP contribution in [0.2, 0.25) is 10.2 Å². The maximum absolute atomic E-state index is 6.16. The average Bonchev–Trinajstić information content (AvgIpc) is 3.10. The lowest BCUT2D eigenvalue weighted by atomic mass is 10.2. The van der Waals surface area contributed by atoms with Gasteiger partial charge in [0.25, 0.3) is 0 Å². The number of hydrogen-bond donors (Lipinski definition) is 2. The Labute approximate surface area is 186 Å². The number of halogens is 2. The van der Waals surface area contributed by atoms with Crippen molar-refractivity contribution < 1.29 is 0 Å². The lowest BCUT2D eigenvalue weighted by molar-refractivity contribution is 0.571. The molecule has 0 saturated carbocycles. The number of benzene rings is 1. The molecule has 2 N–H and O–H groups in total. The van der Waals surface area contributed by atoms with Crippen molar-refractivity contribution >= 4 is 46.2 Å². The first-order valence-electron chi connectivity index (χ1n) is 9.38. The topological polar surface area (TPSA) is 59.7 Å². The van der Waals surface area contributed by atoms with Crippen LogP contribution in [0.15, 0.2) is 30.3 Å². The van der Waals surface area contributed by atoms with E-state index >= 15 is 0 Å². The van der Waals surface area contributed by atoms with Crippen LogP contribution in [0, 0.1) is 20.8 Å². The van der Waals surface area contributed by atoms with Gasteiger partial charge in [0, 0.05) is 13.1 Å². The van der Waals surface area contributed by atoms with Gasteiger partial charge in [-0.3, -0.25) is 9.36 Å². The Kier molecular flexibility index (Phi) is 7.16. The van der Waals surface area contributed by atoms with E-state index in [2.05, 4.69) is 33.0 Å². The summed E-state index contributed by atoms with van der Waals surface area (Å²) in [4.78, 5) is 0. The molecule has 2 aromatic heterocycles. The Balaban J connectivity index is 1.52. The maximum Gasteiger partial charge on any atom is 0.170 e. The van der Waals surface area contributed by atoms with Crippen molar-refractivity contribution in [3.63, 3.8) is 0 Å². The third kappa shape index (κ3) is 5.29. The summed E-state index contributed by atoms with van der Waals surface area (Å²) >= 11 is 17.7. The summed E-state index contributed by atoms with van der Waals surface area (Å²) in [6, 6.07) is 10.3. The van der Waals surface area contributed by atoms with Crippen molar-refractivity contribution in [3.8, 4) is 0 Å². The van der Waals surface area contributed by atoms with Crippen LogP contribution in [0.1, 0.15) is 29.1 Å². The number of anilines is 1. The van der Waals surface area contributed by atoms with Crippen molar-refractivity contribution in [3.05, 3.63) is 63.2 Å². The van der Waals surface area contributed by atoms with Crippen LogP contribution in [0.5, 0.6) is 0 Å². The molecular formula is C20H24Cl2N6S. The summed E-state index contributed by atoms with van der Waals surface area (Å²) in [7, 11) is 0. The van der Waals surface area contributed by atoms with Gasteiger partial charge in [0.1, 0.15) is 10.2 Å². The molecule has 154 valence electrons. The molecular weight excluding hydrogens is 427 g/mol. The van der Waals surface area contributed by atoms with Gasteiger partial charge in [0.2, 0.25) is 0 Å². The van der Waals surface area contributed by atoms with Crippen LogP contribution >= 0.6 is 35.4 Å². The molecule has 0 aliphatic rings. The van der Waals surface area contributed by atoms with Gasteiger partial charge in [-0.2, -0.15) is 10.2 Å². The van der Waals surface area contributed by atoms with Crippen LogP contribution in [-0.4, -0.2) is 31.2 Å². The first-order chi connectivity index (χ1) is 13.9. The molecule has 0 atom stereocenters. The molecule has 3 aromatic rings. The van der Waals surface area contributed by atoms with Gasteiger partial charge in [0.05, 0.1) is 29.3 Å². The second kappa shape index (κ2) is 9.61. The molecule has 0 aliphatic heterocycles. The number of aryl methyl sites for hydroxylation is 3. The molecule has 0 amide bonds. The minimum Gasteiger partial charge on any atom is -0.362 e. The van der Waals surface area contributed by atoms with Gasteiger partial charge in [-0.1, -0.05) is 53.5 Å². The summed E-state index contributed by atoms with van der Waals surface area (Å²) in [5.74, 6) is 0. The van der Waals surface area contributed by atoms with Crippen molar-refractivity contribution in [1.82, 2.24) is 24.9 Å². The Bertz CT molecular complexity index is 996. The Hall–Kier alpha value is -2.09. The standard InChI is InChI=1S/C20H24Cl2N6S/c1-13-17(21)19(22)27(25-13)11-7-10-23-20(29)24-18-14(2)26-28(15(18)3)12-16-8-5-4-6-9-16/h4-6,8-9H,7,10-12H2,1-3H3,(H2,23,24,29). The highest BCUT2D eigenvalue weighted by molar-refractivity contribution is 7.80. The van der Waals surface area contributed by atoms with Crippen molar-refractivity contribution in [2.24, 2.45) is 0 Å². The number of hydrogen-bond acceptors (Lipinski definition) is 3. The van der Waals surface area contributed by atoms with Gasteiger partial charge < -0.3 is 10.6 Å². The Morgan fingerprint density at radius 2 is 1.72 bits per heavy atom. The second-order valence-electron chi connectivity index (χ2n) is 6.84. The van der Waals surface area contributed by atoms with E-state index in [4.69, 9.17) is 35.4 Å². The molecule has 1 aromatic carbocycles. The number of aromatic nitrogens is 4. The lowest BCUT2D eigenvalue weighted by Crippen LogP contribution is -2.30. The van der Waals surface area contributed by atoms with Crippen LogP contribution in [-0.2, 0) is 13.1 Å². The largest absolute Gasteiger partial charge is 0.362 e. The molecule has 0 spiro atoms. The van der Waals surface area contributed by atoms with E-state index in [-0.39, 0.29) is 0 Å². The molecule has 0 aliphatic carbocycles. The van der Waals surface area contributed by atoms with E-state index in [1.54, 1.807) is 4.68 Å². The first kappa shape index (κ1) is 21.6. The summed E-state index contributed by atoms with van der Waals surface area (Å²) in [5.41, 5.74) is 4.84. The average molecular weight is 451 g/mol. The van der Waals surface area contributed by atoms with E-state index in [0.29, 0.717) is 28.4 Å². The summed E-state index contributed by atoms with van der Waals surface area (Å²) in [6.07, 6.45) is 0.810. The monoisotopic (exact) mass is 450 g/mol. The second-order valence-corrected chi connectivity index (χ2v) is 7.98. The first-order valence-corrected chi connectivity index (χ1v) is 10.5. The molecule has 6 nitrogen and oxygen atoms in total. The zero-order valence-corrected chi connectivity index (χ0v) is 19.0. The van der Waals surface area contributed by atoms with E-state index in [1.165, 1.54) is 5.56 Å². The van der Waals surface area contributed by atoms with Gasteiger partial charge in [-0.15, -0.1) is 0 Å². The number of thiocarbonyl (C=S) groups is 1. The fraction of sp³-hybridized carbons (Fsp3) is 0.350. The number of nitrogens with one attached hydrogen (secondary N) is 2. The van der Waals surface area contributed by atoms with Crippen molar-refractivity contribution in [1.29, 1.82) is 0 Å². The van der Waals surface area contributed by atoms with E-state index in [9.17, 15) is 0 Å². The highest BCUT2D eigenvalue weighted by Crippen LogP contribution is 2.25. The maximum atomic E-state index is 6.16. The predicted octanol–water partition coefficient (Wildman–Crippen LogP) is 4.74. The summed E-state index contributed by atoms with van der Waals surface area (Å²) in [5, 5.41) is 17.0. The number of nitrogens with zero attached hydrogens (tertiary/aromatic N) is 4. The molecule has 0 unspecified atom stereocenters. The van der Waals surface area contributed by atoms with Crippen LogP contribution in [0.3, 0.4) is 0 Å². The quantitative estimate of drug-likeness (QED) is 0.402. The van der Waals surface area contributed by atoms with Crippen LogP contribution < -0.4 is 10.6 Å². The van der Waals surface area contributed by atoms with Gasteiger partial charge >= 0.3 is 0 Å². The molecule has 0 saturated heterocycles. The van der Waals surface area contributed by atoms with Crippen molar-refractivity contribution in [2.75, 3.05) is 11.9 Å². The van der Waals surface area contributed by atoms with Gasteiger partial charge in [-0.05, 0) is 45.0 Å². The van der Waals surface area contributed by atoms with Crippen LogP contribution in [0.4, 0.5) is 5.69 Å². The van der Waals surface area contributed by atoms with Gasteiger partial charge in [-0.25, -0.2) is 0 Å². The Morgan fingerprint density at radius 1 is 1.03 bits per heavy atom. The SMILES string of the molecule is Cc1nn(CCCNC(=S)Nc2c(C)nn(Cc3ccccc3)c2C)c(Cl)c1Cl. The summed E-state index contributed by atoms with van der Waals surface area (Å²) < 4.78 is 3.70. The van der Waals surface area contributed by atoms with Crippen LogP contribution in [0.25, 0.3) is 0 Å². The van der Waals surface area contributed by atoms with Gasteiger partial charge in [0.15, 0.2) is 5.11 Å². The molecule has 29 heavy (non-hydrogen) atoms. The molecule has 3 rings (SSSR count). The minimum absolute atomic E-state index is 0.474. The normalized spacial score (nSPS) is 10.9. The fourth-order valence-corrected chi connectivity index (χ4v) is 3.65. The zero-order valence-electron chi connectivity index (χ0n) is 16.7. The Morgan fingerprint density at radius 3 is 2.38 bits per heavy atom. The van der Waals surface area contributed by atoms with E-state index < -0.39 is 0 Å². The molecule has 0 bridgehead atoms. The van der Waals surface area contributed by atoms with E-state index in [1.807, 2.05) is 43.7 Å². The molecule has 0 fully saturated rings. The minimum atomic E-state index is 0.474. The molecule has 9 heteroatoms. The summed E-state index contributed by atoms with van der Waals surface area (Å²) in [6.45, 7) is 7.93. The fourth-order valence-electron chi connectivity index (χ4n) is 3.06. The predicted molar refractivity (Wildman–Crippen MR) is 123 cm³/mol. The molecule has 0 radical (unpaired) electrons.